The van der Waals surface area contributed by atoms with Crippen molar-refractivity contribution in [2.45, 2.75) is 48.1 Å². The first kappa shape index (κ1) is 27.1. The molecule has 0 heterocycles. The summed E-state index contributed by atoms with van der Waals surface area (Å²) in [5.74, 6) is 0. The molecule has 0 spiro atoms. The van der Waals surface area contributed by atoms with E-state index in [0.717, 1.165) is 0 Å². The molecule has 0 aromatic heterocycles. The summed E-state index contributed by atoms with van der Waals surface area (Å²) in [5.41, 5.74) is 4.93. The SMILES string of the molecule is N[C@@](O)(CO)[C@@H](O)[C@H](O)[C@@H](O)C=O.N[C@@](O)(CO)[C@@H](O)[C@H](O)[C@H](O)C=O. The Hall–Kier alpha value is -1.14. The van der Waals surface area contributed by atoms with E-state index in [2.05, 4.69) is 0 Å². The lowest BCUT2D eigenvalue weighted by Crippen LogP contribution is -2.60. The van der Waals surface area contributed by atoms with Gasteiger partial charge in [0.1, 0.15) is 36.6 Å². The molecule has 14 N–H and O–H groups in total. The third-order valence-corrected chi connectivity index (χ3v) is 3.16. The van der Waals surface area contributed by atoms with Crippen LogP contribution < -0.4 is 11.5 Å². The minimum Gasteiger partial charge on any atom is -0.392 e. The average Bonchev–Trinajstić information content (AvgIpc) is 2.64. The van der Waals surface area contributed by atoms with Crippen LogP contribution in [0.1, 0.15) is 0 Å². The van der Waals surface area contributed by atoms with Crippen molar-refractivity contribution in [3.05, 3.63) is 0 Å². The molecular formula is C12H26N2O12. The van der Waals surface area contributed by atoms with Gasteiger partial charge in [-0.05, 0) is 0 Å². The molecule has 26 heavy (non-hydrogen) atoms. The Morgan fingerprint density at radius 1 is 0.692 bits per heavy atom. The van der Waals surface area contributed by atoms with E-state index in [1.54, 1.807) is 0 Å². The predicted octanol–water partition coefficient (Wildman–Crippen LogP) is -8.18. The van der Waals surface area contributed by atoms with Crippen LogP contribution in [0.15, 0.2) is 0 Å². The highest BCUT2D eigenvalue weighted by Gasteiger charge is 2.39. The van der Waals surface area contributed by atoms with E-state index in [0.29, 0.717) is 0 Å². The lowest BCUT2D eigenvalue weighted by molar-refractivity contribution is -0.166. The molecule has 0 aliphatic carbocycles. The molecule has 8 atom stereocenters. The molecule has 0 radical (unpaired) electrons. The van der Waals surface area contributed by atoms with E-state index >= 15 is 0 Å². The average molecular weight is 390 g/mol. The summed E-state index contributed by atoms with van der Waals surface area (Å²) < 4.78 is 0. The van der Waals surface area contributed by atoms with Crippen molar-refractivity contribution < 1.29 is 60.7 Å². The van der Waals surface area contributed by atoms with Gasteiger partial charge in [0.15, 0.2) is 24.0 Å². The smallest absolute Gasteiger partial charge is 0.165 e. The number of hydrogen-bond acceptors (Lipinski definition) is 14. The fourth-order valence-corrected chi connectivity index (χ4v) is 1.31. The van der Waals surface area contributed by atoms with Crippen molar-refractivity contribution in [3.8, 4) is 0 Å². The zero-order chi connectivity index (χ0) is 21.3. The molecule has 0 bridgehead atoms. The minimum atomic E-state index is -2.45. The van der Waals surface area contributed by atoms with Crippen molar-refractivity contribution in [2.24, 2.45) is 11.5 Å². The molecule has 0 fully saturated rings. The second-order valence-electron chi connectivity index (χ2n) is 5.42. The van der Waals surface area contributed by atoms with Gasteiger partial charge in [-0.25, -0.2) is 0 Å². The second kappa shape index (κ2) is 11.5. The summed E-state index contributed by atoms with van der Waals surface area (Å²) in [4.78, 5) is 19.9. The first-order valence-corrected chi connectivity index (χ1v) is 6.96. The summed E-state index contributed by atoms with van der Waals surface area (Å²) in [6.45, 7) is -2.03. The van der Waals surface area contributed by atoms with Crippen molar-refractivity contribution in [1.29, 1.82) is 0 Å². The van der Waals surface area contributed by atoms with E-state index < -0.39 is 61.3 Å². The largest absolute Gasteiger partial charge is 0.392 e. The summed E-state index contributed by atoms with van der Waals surface area (Å²) >= 11 is 0. The second-order valence-corrected chi connectivity index (χ2v) is 5.42. The highest BCUT2D eigenvalue weighted by Crippen LogP contribution is 2.10. The number of carbonyl (C=O) groups excluding carboxylic acids is 2. The van der Waals surface area contributed by atoms with E-state index in [1.165, 1.54) is 0 Å². The summed E-state index contributed by atoms with van der Waals surface area (Å²) in [6.07, 6.45) is -11.7. The van der Waals surface area contributed by atoms with E-state index in [4.69, 9.17) is 62.5 Å². The van der Waals surface area contributed by atoms with Crippen LogP contribution in [0.4, 0.5) is 0 Å². The molecule has 0 unspecified atom stereocenters. The van der Waals surface area contributed by atoms with Crippen molar-refractivity contribution in [3.63, 3.8) is 0 Å². The highest BCUT2D eigenvalue weighted by molar-refractivity contribution is 5.57. The van der Waals surface area contributed by atoms with Gasteiger partial charge in [0, 0.05) is 0 Å². The molecule has 14 nitrogen and oxygen atoms in total. The minimum absolute atomic E-state index is 0.0264. The van der Waals surface area contributed by atoms with Gasteiger partial charge in [-0.1, -0.05) is 0 Å². The van der Waals surface area contributed by atoms with Gasteiger partial charge in [-0.15, -0.1) is 0 Å². The third kappa shape index (κ3) is 8.04. The molecule has 0 amide bonds. The summed E-state index contributed by atoms with van der Waals surface area (Å²) in [6, 6.07) is 0. The van der Waals surface area contributed by atoms with Crippen LogP contribution in [0.5, 0.6) is 0 Å². The van der Waals surface area contributed by atoms with Gasteiger partial charge >= 0.3 is 0 Å². The van der Waals surface area contributed by atoms with Gasteiger partial charge in [0.05, 0.1) is 13.2 Å². The van der Waals surface area contributed by atoms with Crippen molar-refractivity contribution in [2.75, 3.05) is 13.2 Å². The summed E-state index contributed by atoms with van der Waals surface area (Å²) in [7, 11) is 0. The van der Waals surface area contributed by atoms with Crippen LogP contribution in [-0.2, 0) is 9.59 Å². The fourth-order valence-electron chi connectivity index (χ4n) is 1.31. The number of aliphatic hydroxyl groups is 10. The molecule has 14 heteroatoms. The Morgan fingerprint density at radius 3 is 1.08 bits per heavy atom. The lowest BCUT2D eigenvalue weighted by atomic mass is 9.99. The van der Waals surface area contributed by atoms with Gasteiger partial charge in [-0.2, -0.15) is 0 Å². The van der Waals surface area contributed by atoms with Crippen LogP contribution in [0.2, 0.25) is 0 Å². The molecule has 0 aromatic rings. The topological polar surface area (TPSA) is 288 Å². The van der Waals surface area contributed by atoms with Gasteiger partial charge in [0.2, 0.25) is 0 Å². The number of aliphatic hydroxyl groups excluding tert-OH is 8. The maximum absolute atomic E-state index is 9.96. The number of aldehydes is 2. The molecule has 0 saturated heterocycles. The molecule has 0 saturated carbocycles. The number of hydrogen-bond donors (Lipinski definition) is 12. The van der Waals surface area contributed by atoms with Crippen LogP contribution >= 0.6 is 0 Å². The van der Waals surface area contributed by atoms with Crippen molar-refractivity contribution >= 4 is 12.6 Å². The molecule has 0 rings (SSSR count). The molecule has 156 valence electrons. The number of carbonyl (C=O) groups is 2. The number of rotatable bonds is 10. The van der Waals surface area contributed by atoms with Gasteiger partial charge in [0.25, 0.3) is 0 Å². The zero-order valence-corrected chi connectivity index (χ0v) is 13.5. The van der Waals surface area contributed by atoms with Crippen molar-refractivity contribution in [1.82, 2.24) is 0 Å². The molecule has 0 aliphatic heterocycles. The monoisotopic (exact) mass is 390 g/mol. The maximum Gasteiger partial charge on any atom is 0.165 e. The maximum atomic E-state index is 9.96. The quantitative estimate of drug-likeness (QED) is 0.122. The van der Waals surface area contributed by atoms with E-state index in [-0.39, 0.29) is 12.6 Å². The van der Waals surface area contributed by atoms with E-state index in [9.17, 15) is 9.59 Å². The third-order valence-electron chi connectivity index (χ3n) is 3.16. The van der Waals surface area contributed by atoms with Crippen LogP contribution in [0, 0.1) is 0 Å². The zero-order valence-electron chi connectivity index (χ0n) is 13.5. The Kier molecular flexibility index (Phi) is 12.0. The fraction of sp³-hybridized carbons (Fsp3) is 0.833. The number of nitrogens with two attached hydrogens (primary N) is 2. The lowest BCUT2D eigenvalue weighted by Gasteiger charge is -2.30. The predicted molar refractivity (Wildman–Crippen MR) is 80.6 cm³/mol. The van der Waals surface area contributed by atoms with Crippen LogP contribution in [0.3, 0.4) is 0 Å². The first-order chi connectivity index (χ1) is 11.7. The first-order valence-electron chi connectivity index (χ1n) is 6.96. The normalized spacial score (nSPS) is 22.9. The van der Waals surface area contributed by atoms with E-state index in [1.807, 2.05) is 0 Å². The highest BCUT2D eigenvalue weighted by atomic mass is 16.4. The van der Waals surface area contributed by atoms with Gasteiger partial charge < -0.3 is 60.7 Å². The summed E-state index contributed by atoms with van der Waals surface area (Å²) in [5, 5.41) is 88.4. The Labute approximate surface area is 147 Å². The molecule has 0 aromatic carbocycles. The molecule has 0 aliphatic rings. The van der Waals surface area contributed by atoms with Crippen LogP contribution in [-0.4, -0.2) is 125 Å². The van der Waals surface area contributed by atoms with Gasteiger partial charge in [-0.3, -0.25) is 11.5 Å². The van der Waals surface area contributed by atoms with Crippen LogP contribution in [0.25, 0.3) is 0 Å². The Morgan fingerprint density at radius 2 is 0.923 bits per heavy atom. The Balaban J connectivity index is 0. The molecular weight excluding hydrogens is 364 g/mol. The Bertz CT molecular complexity index is 383. The standard InChI is InChI=1S/2C6H13NO6/c2*7-6(13,2-9)5(12)4(11)3(10)1-8/h2*1,3-5,9-13H,2,7H2/t3-,4+,5-,6+;3-,4-,5+,6-/m01/s1.